The molecule has 3 aromatic carbocycles. The van der Waals surface area contributed by atoms with Crippen molar-refractivity contribution < 1.29 is 147 Å². The molecule has 0 unspecified atom stereocenters. The molecule has 1 aliphatic carbocycles. The summed E-state index contributed by atoms with van der Waals surface area (Å²) in [5.74, 6) is -2.89. The molecule has 2 amide bonds. The van der Waals surface area contributed by atoms with E-state index in [9.17, 15) is 53.6 Å². The molecule has 410 valence electrons. The Hall–Kier alpha value is -2.48. The summed E-state index contributed by atoms with van der Waals surface area (Å²) in [6.07, 6.45) is 15.4. The second kappa shape index (κ2) is 29.4. The molecule has 0 radical (unpaired) electrons. The van der Waals surface area contributed by atoms with Crippen molar-refractivity contribution in [3.05, 3.63) is 124 Å². The standard InChI is InChI=1S/C55H68ClN5O12S3.3Na/c1-54(2)44-38-42(58(30-11-35-74(65,66)67)31-12-36-75(68,69)70)22-24-45(44)59(33-13-37-76(71,72)73)47(54)25-20-40-15-10-16-41(53(40)56)21-26-48-55(3,4)52-43-17-8-7-14-39(43)19-23-46(52)60(48)32-9-5-6-18-49(62)57-29-34-61-50(63)27-28-51(61)64;;;/h7-8,14,17,19-28,38H,5-6,9-13,15-16,18,29-37H2,1-4H3,(H3-,57,62,65,66,67,68,69,70,71,72,73);;;/q;3*+1/p-3. The summed E-state index contributed by atoms with van der Waals surface area (Å²) >= 11 is 7.34. The Labute approximate surface area is 537 Å². The summed E-state index contributed by atoms with van der Waals surface area (Å²) < 4.78 is 106. The number of benzene rings is 3. The summed E-state index contributed by atoms with van der Waals surface area (Å²) in [5, 5.41) is 15.5. The molecule has 24 heteroatoms. The van der Waals surface area contributed by atoms with Gasteiger partial charge in [0.25, 0.3) is 11.8 Å². The molecular weight excluding hydrogens is 1120 g/mol. The van der Waals surface area contributed by atoms with Crippen LogP contribution in [0, 0.1) is 0 Å². The van der Waals surface area contributed by atoms with Crippen LogP contribution in [-0.4, -0.2) is 128 Å². The number of fused-ring (bicyclic) bond motifs is 4. The van der Waals surface area contributed by atoms with Crippen molar-refractivity contribution in [1.82, 2.24) is 4.90 Å². The second-order valence-corrected chi connectivity index (χ2v) is 25.6. The molecule has 7 rings (SSSR count). The van der Waals surface area contributed by atoms with Crippen LogP contribution in [0.5, 0.6) is 0 Å². The number of anilines is 2. The molecule has 17 nitrogen and oxygen atoms in total. The molecule has 3 heterocycles. The average Bonchev–Trinajstić information content (AvgIpc) is 3.86. The second-order valence-electron chi connectivity index (χ2n) is 20.7. The summed E-state index contributed by atoms with van der Waals surface area (Å²) in [5.41, 5.74) is 7.18. The van der Waals surface area contributed by atoms with Crippen LogP contribution >= 0.6 is 11.6 Å². The van der Waals surface area contributed by atoms with Crippen LogP contribution in [-0.2, 0) is 50.8 Å². The van der Waals surface area contributed by atoms with Gasteiger partial charge in [0.05, 0.1) is 42.3 Å². The van der Waals surface area contributed by atoms with Crippen molar-refractivity contribution in [2.75, 3.05) is 66.3 Å². The predicted octanol–water partition coefficient (Wildman–Crippen LogP) is -2.07. The molecule has 0 saturated carbocycles. The maximum Gasteiger partial charge on any atom is 1.00 e. The molecule has 3 aliphatic heterocycles. The van der Waals surface area contributed by atoms with Gasteiger partial charge in [0.2, 0.25) is 5.69 Å². The van der Waals surface area contributed by atoms with E-state index >= 15 is 0 Å². The van der Waals surface area contributed by atoms with Crippen molar-refractivity contribution in [2.45, 2.75) is 103 Å². The molecule has 3 aromatic rings. The molecule has 0 N–H and O–H groups in total. The number of carbonyl (C=O) groups excluding carboxylic acids is 2. The number of halogens is 1. The van der Waals surface area contributed by atoms with Gasteiger partial charge in [-0.1, -0.05) is 61.9 Å². The number of amides is 2. The molecule has 0 spiro atoms. The fourth-order valence-electron chi connectivity index (χ4n) is 10.8. The van der Waals surface area contributed by atoms with Crippen LogP contribution in [0.1, 0.15) is 103 Å². The largest absolute Gasteiger partial charge is 1.00 e. The molecular formula is C55H65ClN5Na3O12S3. The van der Waals surface area contributed by atoms with E-state index in [1.807, 2.05) is 49.1 Å². The van der Waals surface area contributed by atoms with Gasteiger partial charge in [0, 0.05) is 107 Å². The van der Waals surface area contributed by atoms with E-state index in [0.29, 0.717) is 30.1 Å². The smallest absolute Gasteiger partial charge is 0.862 e. The van der Waals surface area contributed by atoms with Crippen LogP contribution in [0.3, 0.4) is 0 Å². The van der Waals surface area contributed by atoms with Gasteiger partial charge in [-0.3, -0.25) is 14.5 Å². The Morgan fingerprint density at radius 3 is 2.01 bits per heavy atom. The van der Waals surface area contributed by atoms with Gasteiger partial charge in [0.1, 0.15) is 6.54 Å². The van der Waals surface area contributed by atoms with E-state index in [0.717, 1.165) is 75.5 Å². The van der Waals surface area contributed by atoms with Crippen molar-refractivity contribution in [1.29, 1.82) is 0 Å². The van der Waals surface area contributed by atoms with Crippen molar-refractivity contribution in [3.8, 4) is 0 Å². The van der Waals surface area contributed by atoms with Gasteiger partial charge in [-0.25, -0.2) is 25.3 Å². The van der Waals surface area contributed by atoms with E-state index in [-0.39, 0.29) is 153 Å². The summed E-state index contributed by atoms with van der Waals surface area (Å²) in [4.78, 5) is 32.5. The van der Waals surface area contributed by atoms with E-state index in [1.54, 1.807) is 11.0 Å². The first kappa shape index (κ1) is 69.0. The first-order valence-corrected chi connectivity index (χ1v) is 30.7. The van der Waals surface area contributed by atoms with E-state index in [1.165, 1.54) is 23.1 Å². The van der Waals surface area contributed by atoms with Crippen molar-refractivity contribution in [2.24, 2.45) is 4.99 Å². The minimum Gasteiger partial charge on any atom is -0.862 e. The molecule has 79 heavy (non-hydrogen) atoms. The quantitative estimate of drug-likeness (QED) is 0.0168. The minimum absolute atomic E-state index is 0. The van der Waals surface area contributed by atoms with Gasteiger partial charge < -0.3 is 33.6 Å². The van der Waals surface area contributed by atoms with E-state index in [4.69, 9.17) is 11.6 Å². The normalized spacial score (nSPS) is 18.2. The molecule has 0 fully saturated rings. The van der Waals surface area contributed by atoms with E-state index in [2.05, 4.69) is 65.9 Å². The predicted molar refractivity (Wildman–Crippen MR) is 292 cm³/mol. The number of rotatable bonds is 25. The molecule has 4 aliphatic rings. The molecule has 0 atom stereocenters. The Morgan fingerprint density at radius 2 is 1.37 bits per heavy atom. The molecule has 0 saturated heterocycles. The first-order valence-electron chi connectivity index (χ1n) is 25.6. The van der Waals surface area contributed by atoms with Gasteiger partial charge in [-0.05, 0) is 135 Å². The van der Waals surface area contributed by atoms with Crippen LogP contribution < -0.4 is 104 Å². The van der Waals surface area contributed by atoms with Gasteiger partial charge in [0.15, 0.2) is 5.71 Å². The zero-order valence-electron chi connectivity index (χ0n) is 46.3. The van der Waals surface area contributed by atoms with Crippen LogP contribution in [0.2, 0.25) is 0 Å². The van der Waals surface area contributed by atoms with Crippen molar-refractivity contribution >= 4 is 93.2 Å². The maximum atomic E-state index is 12.6. The molecule has 0 bridgehead atoms. The fraction of sp³-hybridized carbons (Fsp3) is 0.455. The minimum atomic E-state index is -4.52. The third-order valence-electron chi connectivity index (χ3n) is 14.5. The summed E-state index contributed by atoms with van der Waals surface area (Å²) in [7, 11) is -13.6. The van der Waals surface area contributed by atoms with Crippen LogP contribution in [0.15, 0.2) is 118 Å². The Morgan fingerprint density at radius 1 is 0.734 bits per heavy atom. The number of carbonyl (C=O) groups is 2. The first-order chi connectivity index (χ1) is 35.7. The SMILES string of the molecule is CC1(C)C(/C=C/C2=C(Cl)C(=C/C=C3/N(CCCS(=O)(=O)[O-])c4ccc(N(CCCS(=O)(=O)[O-])CCCS(=O)(=O)[O-])cc4C3(C)C)/CCC2)=[N+](CCCCCC([O-])=NCCN2C(=O)C=CC2=O)c2ccc3ccccc3c21.[Na+].[Na+].[Na+]. The van der Waals surface area contributed by atoms with Crippen LogP contribution in [0.4, 0.5) is 17.1 Å². The van der Waals surface area contributed by atoms with Crippen LogP contribution in [0.25, 0.3) is 10.8 Å². The average molecular weight is 1190 g/mol. The third-order valence-corrected chi connectivity index (χ3v) is 17.4. The molecule has 0 aromatic heterocycles. The Balaban J connectivity index is 0.00000448. The summed E-state index contributed by atoms with van der Waals surface area (Å²) in [6, 6.07) is 18.2. The number of hydrogen-bond acceptors (Lipinski definition) is 15. The number of imide groups is 1. The number of hydrogen-bond donors (Lipinski definition) is 0. The van der Waals surface area contributed by atoms with Gasteiger partial charge >= 0.3 is 88.7 Å². The van der Waals surface area contributed by atoms with E-state index < -0.39 is 70.3 Å². The van der Waals surface area contributed by atoms with Crippen molar-refractivity contribution in [3.63, 3.8) is 0 Å². The number of unbranched alkanes of at least 4 members (excludes halogenated alkanes) is 2. The fourth-order valence-corrected chi connectivity index (χ4v) is 12.6. The Kier molecular flexibility index (Phi) is 25.6. The summed E-state index contributed by atoms with van der Waals surface area (Å²) in [6.45, 7) is 9.68. The zero-order chi connectivity index (χ0) is 55.2. The Bertz CT molecular complexity index is 3280. The third kappa shape index (κ3) is 18.0. The zero-order valence-corrected chi connectivity index (χ0v) is 55.5. The van der Waals surface area contributed by atoms with Gasteiger partial charge in [-0.15, -0.1) is 0 Å². The number of allylic oxidation sites excluding steroid dienone is 8. The van der Waals surface area contributed by atoms with Gasteiger partial charge in [-0.2, -0.15) is 4.58 Å². The topological polar surface area (TPSA) is 254 Å². The number of nitrogens with zero attached hydrogens (tertiary/aromatic N) is 5. The maximum absolute atomic E-state index is 12.6. The number of aliphatic imine (C=N–C) groups is 1. The monoisotopic (exact) mass is 1190 g/mol.